The van der Waals surface area contributed by atoms with Crippen molar-refractivity contribution < 1.29 is 27.4 Å². The number of carbonyl (C=O) groups excluding carboxylic acids is 1. The van der Waals surface area contributed by atoms with Gasteiger partial charge in [-0.15, -0.1) is 13.2 Å². The van der Waals surface area contributed by atoms with Crippen LogP contribution in [0.15, 0.2) is 10.9 Å². The van der Waals surface area contributed by atoms with Crippen LogP contribution >= 0.6 is 15.9 Å². The number of nitrogens with one attached hydrogen (secondary N) is 1. The van der Waals surface area contributed by atoms with Crippen LogP contribution in [0.2, 0.25) is 0 Å². The average Bonchev–Trinajstić information content (AvgIpc) is 2.30. The van der Waals surface area contributed by atoms with Crippen LogP contribution in [0.25, 0.3) is 0 Å². The van der Waals surface area contributed by atoms with Crippen molar-refractivity contribution in [1.29, 1.82) is 0 Å². The van der Waals surface area contributed by atoms with Crippen molar-refractivity contribution in [2.45, 2.75) is 18.1 Å². The molecule has 0 amide bonds. The van der Waals surface area contributed by atoms with Crippen LogP contribution in [-0.4, -0.2) is 24.4 Å². The number of hydrogen-bond acceptors (Lipinski definition) is 4. The molecule has 19 heavy (non-hydrogen) atoms. The molecule has 0 fully saturated rings. The van der Waals surface area contributed by atoms with Crippen LogP contribution in [0.3, 0.4) is 0 Å². The maximum absolute atomic E-state index is 12.2. The van der Waals surface area contributed by atoms with Crippen molar-refractivity contribution >= 4 is 21.9 Å². The molecule has 0 aliphatic heterocycles. The number of aromatic amines is 1. The molecule has 0 saturated heterocycles. The normalized spacial score (nSPS) is 11.2. The number of halogens is 4. The number of rotatable bonds is 4. The Kier molecular flexibility index (Phi) is 4.98. The van der Waals surface area contributed by atoms with Gasteiger partial charge in [-0.1, -0.05) is 15.9 Å². The average molecular weight is 344 g/mol. The molecule has 1 aromatic heterocycles. The molecule has 1 heterocycles. The smallest absolute Gasteiger partial charge is 0.469 e. The largest absolute Gasteiger partial charge is 0.574 e. The van der Waals surface area contributed by atoms with Gasteiger partial charge in [0, 0.05) is 17.1 Å². The molecule has 0 radical (unpaired) electrons. The molecule has 0 aliphatic carbocycles. The molecule has 0 unspecified atom stereocenters. The summed E-state index contributed by atoms with van der Waals surface area (Å²) in [5.41, 5.74) is -0.982. The minimum atomic E-state index is -4.97. The van der Waals surface area contributed by atoms with Crippen LogP contribution in [0.1, 0.15) is 11.3 Å². The van der Waals surface area contributed by atoms with Gasteiger partial charge in [-0.2, -0.15) is 0 Å². The zero-order valence-electron chi connectivity index (χ0n) is 9.64. The summed E-state index contributed by atoms with van der Waals surface area (Å²) in [6.07, 6.45) is -5.58. The first kappa shape index (κ1) is 15.5. The number of pyridine rings is 1. The highest BCUT2D eigenvalue weighted by atomic mass is 79.9. The van der Waals surface area contributed by atoms with Crippen molar-refractivity contribution in [2.75, 3.05) is 7.11 Å². The van der Waals surface area contributed by atoms with E-state index in [2.05, 4.69) is 30.4 Å². The van der Waals surface area contributed by atoms with E-state index in [9.17, 15) is 22.8 Å². The Morgan fingerprint density at radius 1 is 1.47 bits per heavy atom. The number of hydrogen-bond donors (Lipinski definition) is 1. The molecule has 1 N–H and O–H groups in total. The summed E-state index contributed by atoms with van der Waals surface area (Å²) >= 11 is 3.00. The number of esters is 1. The maximum Gasteiger partial charge on any atom is 0.574 e. The fraction of sp³-hybridized carbons (Fsp3) is 0.400. The van der Waals surface area contributed by atoms with E-state index in [1.165, 1.54) is 0 Å². The number of alkyl halides is 4. The third kappa shape index (κ3) is 4.58. The molecular weight excluding hydrogens is 335 g/mol. The molecular formula is C10H9BrF3NO4. The summed E-state index contributed by atoms with van der Waals surface area (Å²) in [4.78, 5) is 25.0. The quantitative estimate of drug-likeness (QED) is 0.669. The topological polar surface area (TPSA) is 68.4 Å². The van der Waals surface area contributed by atoms with E-state index in [1.807, 2.05) is 0 Å². The number of carbonyl (C=O) groups is 1. The molecule has 1 rings (SSSR count). The van der Waals surface area contributed by atoms with Crippen molar-refractivity contribution in [3.05, 3.63) is 27.5 Å². The van der Waals surface area contributed by atoms with E-state index in [0.717, 1.165) is 13.2 Å². The number of ether oxygens (including phenoxy) is 2. The number of methoxy groups -OCH3 is 1. The minimum Gasteiger partial charge on any atom is -0.469 e. The van der Waals surface area contributed by atoms with E-state index >= 15 is 0 Å². The van der Waals surface area contributed by atoms with Gasteiger partial charge in [-0.3, -0.25) is 9.59 Å². The summed E-state index contributed by atoms with van der Waals surface area (Å²) in [6, 6.07) is 1.08. The molecule has 9 heteroatoms. The second kappa shape index (κ2) is 6.09. The van der Waals surface area contributed by atoms with Crippen LogP contribution in [0, 0.1) is 0 Å². The highest BCUT2D eigenvalue weighted by Crippen LogP contribution is 2.24. The lowest BCUT2D eigenvalue weighted by Gasteiger charge is -2.13. The second-order valence-corrected chi connectivity index (χ2v) is 3.96. The van der Waals surface area contributed by atoms with Crippen LogP contribution in [0.4, 0.5) is 13.2 Å². The molecule has 0 saturated carbocycles. The summed E-state index contributed by atoms with van der Waals surface area (Å²) in [7, 11) is 1.06. The van der Waals surface area contributed by atoms with Crippen molar-refractivity contribution in [3.63, 3.8) is 0 Å². The Morgan fingerprint density at radius 2 is 2.11 bits per heavy atom. The molecule has 0 aromatic carbocycles. The fourth-order valence-corrected chi connectivity index (χ4v) is 1.58. The van der Waals surface area contributed by atoms with Crippen LogP contribution in [-0.2, 0) is 21.3 Å². The molecule has 5 nitrogen and oxygen atoms in total. The first-order valence-electron chi connectivity index (χ1n) is 4.90. The fourth-order valence-electron chi connectivity index (χ4n) is 1.27. The van der Waals surface area contributed by atoms with E-state index in [1.54, 1.807) is 0 Å². The Labute approximate surface area is 113 Å². The number of aromatic nitrogens is 1. The lowest BCUT2D eigenvalue weighted by molar-refractivity contribution is -0.276. The molecule has 0 bridgehead atoms. The lowest BCUT2D eigenvalue weighted by atomic mass is 10.2. The maximum atomic E-state index is 12.2. The van der Waals surface area contributed by atoms with E-state index in [4.69, 9.17) is 0 Å². The van der Waals surface area contributed by atoms with Gasteiger partial charge in [-0.25, -0.2) is 0 Å². The molecule has 0 atom stereocenters. The Morgan fingerprint density at radius 3 is 2.58 bits per heavy atom. The van der Waals surface area contributed by atoms with E-state index in [-0.39, 0.29) is 11.0 Å². The van der Waals surface area contributed by atoms with Gasteiger partial charge in [-0.05, 0) is 0 Å². The van der Waals surface area contributed by atoms with Gasteiger partial charge in [0.05, 0.1) is 19.1 Å². The van der Waals surface area contributed by atoms with Gasteiger partial charge in [0.15, 0.2) is 5.43 Å². The van der Waals surface area contributed by atoms with Gasteiger partial charge in [0.2, 0.25) is 5.88 Å². The predicted molar refractivity (Wildman–Crippen MR) is 62.1 cm³/mol. The highest BCUT2D eigenvalue weighted by molar-refractivity contribution is 9.08. The summed E-state index contributed by atoms with van der Waals surface area (Å²) in [5, 5.41) is 0.134. The van der Waals surface area contributed by atoms with Gasteiger partial charge >= 0.3 is 12.3 Å². The minimum absolute atomic E-state index is 0.134. The van der Waals surface area contributed by atoms with Gasteiger partial charge in [0.25, 0.3) is 0 Å². The third-order valence-electron chi connectivity index (χ3n) is 2.06. The van der Waals surface area contributed by atoms with Crippen LogP contribution in [0.5, 0.6) is 5.88 Å². The molecule has 0 spiro atoms. The summed E-state index contributed by atoms with van der Waals surface area (Å²) < 4.78 is 44.7. The highest BCUT2D eigenvalue weighted by Gasteiger charge is 2.33. The zero-order chi connectivity index (χ0) is 14.6. The van der Waals surface area contributed by atoms with Crippen molar-refractivity contribution in [1.82, 2.24) is 4.98 Å². The summed E-state index contributed by atoms with van der Waals surface area (Å²) in [6.45, 7) is 0. The zero-order valence-corrected chi connectivity index (χ0v) is 11.2. The molecule has 0 aliphatic rings. The molecule has 106 valence electrons. The standard InChI is InChI=1S/C10H9BrF3NO4/c1-18-8(17)3-6-7(16)2-5(4-11)15-9(6)19-10(12,13)14/h2H,3-4H2,1H3,(H,15,16). The molecule has 1 aromatic rings. The van der Waals surface area contributed by atoms with Crippen molar-refractivity contribution in [2.24, 2.45) is 0 Å². The first-order chi connectivity index (χ1) is 8.76. The van der Waals surface area contributed by atoms with E-state index < -0.39 is 35.6 Å². The summed E-state index contributed by atoms with van der Waals surface area (Å²) in [5.74, 6) is -1.65. The Balaban J connectivity index is 3.25. The predicted octanol–water partition coefficient (Wildman–Crippen LogP) is 1.88. The van der Waals surface area contributed by atoms with E-state index in [0.29, 0.717) is 0 Å². The first-order valence-corrected chi connectivity index (χ1v) is 6.02. The van der Waals surface area contributed by atoms with Gasteiger partial charge in [0.1, 0.15) is 0 Å². The second-order valence-electron chi connectivity index (χ2n) is 3.40. The monoisotopic (exact) mass is 343 g/mol. The lowest BCUT2D eigenvalue weighted by Crippen LogP contribution is -2.24. The van der Waals surface area contributed by atoms with Crippen molar-refractivity contribution in [3.8, 4) is 5.88 Å². The SMILES string of the molecule is COC(=O)Cc1c(OC(F)(F)F)[nH]c(CBr)cc1=O. The number of H-pyrrole nitrogens is 1. The van der Waals surface area contributed by atoms with Gasteiger partial charge < -0.3 is 14.5 Å². The Bertz CT molecular complexity index is 526. The Hall–Kier alpha value is -1.51. The third-order valence-corrected chi connectivity index (χ3v) is 2.67. The van der Waals surface area contributed by atoms with Crippen LogP contribution < -0.4 is 10.2 Å².